The predicted octanol–water partition coefficient (Wildman–Crippen LogP) is 9.49. The van der Waals surface area contributed by atoms with Gasteiger partial charge in [-0.1, -0.05) is 100.0 Å². The minimum absolute atomic E-state index is 0.0903. The minimum atomic E-state index is -0.0906. The van der Waals surface area contributed by atoms with Gasteiger partial charge in [0.05, 0.1) is 0 Å². The number of hydrogen-bond donors (Lipinski definition) is 0. The molecule has 4 bridgehead atoms. The van der Waals surface area contributed by atoms with Gasteiger partial charge in [-0.05, 0) is 139 Å². The summed E-state index contributed by atoms with van der Waals surface area (Å²) < 4.78 is 27.6. The van der Waals surface area contributed by atoms with E-state index in [1.807, 2.05) is 12.1 Å². The summed E-state index contributed by atoms with van der Waals surface area (Å²) in [4.78, 5) is 5.35. The average molecular weight is 661 g/mol. The Hall–Kier alpha value is -3.34. The Kier molecular flexibility index (Phi) is 9.58. The zero-order valence-corrected chi connectivity index (χ0v) is 30.2. The van der Waals surface area contributed by atoms with Gasteiger partial charge in [-0.2, -0.15) is 0 Å². The standard InChI is InChI=1S/C23H28FN.C22H26FN/c1-16-4-6-18(7-5-16)10-12-25-13-11-23(3)17(2)22(25)14-19-8-9-20(24)15-21(19)23;1-16-21-14-18-8-9-19(23)15-20(18)22(16,2)11-13-24(21)12-10-17-6-4-3-5-7-17/h4-9,15,17,22H,10-14H2,1-3H3;3-9,15-16,21H,10-14H2,1-2H3/t17?,22?,23-;16?,21?,22-/m00/s1. The fraction of sp³-hybridized carbons (Fsp3) is 0.467. The Balaban J connectivity index is 0.000000154. The SMILES string of the molecule is CC1C2Cc3ccc(F)cc3[C@@]1(C)CCN2CCc1ccccc1.Cc1ccc(CCN2CC[C@]3(C)c4cc(F)ccc4CC2C3C)cc1. The van der Waals surface area contributed by atoms with Gasteiger partial charge in [0, 0.05) is 25.2 Å². The summed E-state index contributed by atoms with van der Waals surface area (Å²) in [6.07, 6.45) is 6.57. The molecular formula is C45H54F2N2. The van der Waals surface area contributed by atoms with Crippen LogP contribution in [0.5, 0.6) is 0 Å². The molecule has 4 unspecified atom stereocenters. The van der Waals surface area contributed by atoms with Crippen LogP contribution >= 0.6 is 0 Å². The lowest BCUT2D eigenvalue weighted by molar-refractivity contribution is 0.0321. The third-order valence-electron chi connectivity index (χ3n) is 13.5. The fourth-order valence-corrected chi connectivity index (χ4v) is 9.86. The van der Waals surface area contributed by atoms with Crippen LogP contribution < -0.4 is 0 Å². The number of halogens is 2. The lowest BCUT2D eigenvalue weighted by atomic mass is 9.59. The van der Waals surface area contributed by atoms with Crippen LogP contribution in [0.25, 0.3) is 0 Å². The first-order valence-electron chi connectivity index (χ1n) is 18.7. The first-order valence-corrected chi connectivity index (χ1v) is 18.7. The molecule has 0 amide bonds. The van der Waals surface area contributed by atoms with E-state index < -0.39 is 0 Å². The summed E-state index contributed by atoms with van der Waals surface area (Å²) in [6, 6.07) is 31.7. The summed E-state index contributed by atoms with van der Waals surface area (Å²) >= 11 is 0. The van der Waals surface area contributed by atoms with E-state index in [-0.39, 0.29) is 22.5 Å². The molecule has 0 N–H and O–H groups in total. The third-order valence-corrected chi connectivity index (χ3v) is 13.5. The molecule has 0 aromatic heterocycles. The van der Waals surface area contributed by atoms with Crippen molar-refractivity contribution in [2.24, 2.45) is 11.8 Å². The van der Waals surface area contributed by atoms with E-state index in [1.165, 1.54) is 38.9 Å². The van der Waals surface area contributed by atoms with Gasteiger partial charge in [0.15, 0.2) is 0 Å². The molecule has 258 valence electrons. The number of benzene rings is 4. The van der Waals surface area contributed by atoms with Crippen LogP contribution in [0.15, 0.2) is 91.0 Å². The normalized spacial score (nSPS) is 29.0. The molecule has 2 saturated heterocycles. The lowest BCUT2D eigenvalue weighted by Crippen LogP contribution is -2.58. The Morgan fingerprint density at radius 1 is 0.612 bits per heavy atom. The molecule has 6 atom stereocenters. The smallest absolute Gasteiger partial charge is 0.123 e. The van der Waals surface area contributed by atoms with E-state index in [0.717, 1.165) is 64.7 Å². The molecule has 4 aromatic carbocycles. The van der Waals surface area contributed by atoms with Crippen molar-refractivity contribution in [1.29, 1.82) is 0 Å². The van der Waals surface area contributed by atoms with E-state index in [9.17, 15) is 8.78 Å². The van der Waals surface area contributed by atoms with Crippen LogP contribution in [0.2, 0.25) is 0 Å². The second-order valence-electron chi connectivity index (χ2n) is 16.1. The molecule has 2 aliphatic carbocycles. The Morgan fingerprint density at radius 2 is 1.06 bits per heavy atom. The zero-order chi connectivity index (χ0) is 34.3. The van der Waals surface area contributed by atoms with Crippen molar-refractivity contribution in [2.45, 2.75) is 96.1 Å². The van der Waals surface area contributed by atoms with Crippen molar-refractivity contribution < 1.29 is 8.78 Å². The Labute approximate surface area is 293 Å². The highest BCUT2D eigenvalue weighted by Crippen LogP contribution is 2.50. The largest absolute Gasteiger partial charge is 0.299 e. The van der Waals surface area contributed by atoms with Crippen LogP contribution in [0.3, 0.4) is 0 Å². The van der Waals surface area contributed by atoms with Gasteiger partial charge in [0.25, 0.3) is 0 Å². The first-order chi connectivity index (χ1) is 23.5. The van der Waals surface area contributed by atoms with E-state index >= 15 is 0 Å². The quantitative estimate of drug-likeness (QED) is 0.203. The van der Waals surface area contributed by atoms with Crippen molar-refractivity contribution in [3.63, 3.8) is 0 Å². The van der Waals surface area contributed by atoms with E-state index in [0.29, 0.717) is 23.9 Å². The maximum absolute atomic E-state index is 13.8. The number of piperidine rings is 2. The zero-order valence-electron chi connectivity index (χ0n) is 30.2. The minimum Gasteiger partial charge on any atom is -0.299 e. The number of aryl methyl sites for hydroxylation is 1. The van der Waals surface area contributed by atoms with Gasteiger partial charge in [0.2, 0.25) is 0 Å². The summed E-state index contributed by atoms with van der Waals surface area (Å²) in [6.45, 7) is 16.0. The van der Waals surface area contributed by atoms with Crippen LogP contribution in [0.4, 0.5) is 8.78 Å². The molecule has 4 aromatic rings. The van der Waals surface area contributed by atoms with Crippen molar-refractivity contribution in [2.75, 3.05) is 26.2 Å². The molecular weight excluding hydrogens is 607 g/mol. The molecule has 0 saturated carbocycles. The third kappa shape index (κ3) is 6.64. The molecule has 4 heteroatoms. The number of rotatable bonds is 6. The number of nitrogens with zero attached hydrogens (tertiary/aromatic N) is 2. The fourth-order valence-electron chi connectivity index (χ4n) is 9.86. The van der Waals surface area contributed by atoms with Gasteiger partial charge in [0.1, 0.15) is 11.6 Å². The summed E-state index contributed by atoms with van der Waals surface area (Å²) in [5.41, 5.74) is 9.61. The number of likely N-dealkylation sites (tertiary alicyclic amines) is 2. The molecule has 8 rings (SSSR count). The topological polar surface area (TPSA) is 6.48 Å². The maximum Gasteiger partial charge on any atom is 0.123 e. The molecule has 4 aliphatic rings. The summed E-state index contributed by atoms with van der Waals surface area (Å²) in [7, 11) is 0. The Morgan fingerprint density at radius 3 is 1.53 bits per heavy atom. The average Bonchev–Trinajstić information content (AvgIpc) is 3.09. The molecule has 2 nitrogen and oxygen atoms in total. The molecule has 49 heavy (non-hydrogen) atoms. The van der Waals surface area contributed by atoms with E-state index in [4.69, 9.17) is 0 Å². The highest BCUT2D eigenvalue weighted by molar-refractivity contribution is 5.41. The summed E-state index contributed by atoms with van der Waals surface area (Å²) in [5, 5.41) is 0. The highest BCUT2D eigenvalue weighted by atomic mass is 19.1. The molecule has 2 heterocycles. The van der Waals surface area contributed by atoms with Gasteiger partial charge in [-0.3, -0.25) is 9.80 Å². The predicted molar refractivity (Wildman–Crippen MR) is 198 cm³/mol. The van der Waals surface area contributed by atoms with Crippen LogP contribution in [0.1, 0.15) is 79.5 Å². The van der Waals surface area contributed by atoms with Gasteiger partial charge >= 0.3 is 0 Å². The molecule has 0 spiro atoms. The second-order valence-corrected chi connectivity index (χ2v) is 16.1. The van der Waals surface area contributed by atoms with E-state index in [2.05, 4.69) is 99.0 Å². The Bertz CT molecular complexity index is 1750. The monoisotopic (exact) mass is 660 g/mol. The number of hydrogen-bond acceptors (Lipinski definition) is 2. The number of fused-ring (bicyclic) bond motifs is 8. The van der Waals surface area contributed by atoms with Gasteiger partial charge in [-0.15, -0.1) is 0 Å². The molecule has 2 aliphatic heterocycles. The van der Waals surface area contributed by atoms with Crippen molar-refractivity contribution in [1.82, 2.24) is 9.80 Å². The molecule has 2 fully saturated rings. The molecule has 0 radical (unpaired) electrons. The van der Waals surface area contributed by atoms with Gasteiger partial charge < -0.3 is 0 Å². The van der Waals surface area contributed by atoms with E-state index in [1.54, 1.807) is 24.3 Å². The van der Waals surface area contributed by atoms with Crippen molar-refractivity contribution in [3.8, 4) is 0 Å². The van der Waals surface area contributed by atoms with Crippen molar-refractivity contribution in [3.05, 3.63) is 142 Å². The van der Waals surface area contributed by atoms with Crippen LogP contribution in [-0.2, 0) is 36.5 Å². The van der Waals surface area contributed by atoms with Crippen molar-refractivity contribution >= 4 is 0 Å². The first kappa shape index (κ1) is 34.1. The van der Waals surface area contributed by atoms with Gasteiger partial charge in [-0.25, -0.2) is 8.78 Å². The maximum atomic E-state index is 13.8. The summed E-state index contributed by atoms with van der Waals surface area (Å²) in [5.74, 6) is 0.949. The lowest BCUT2D eigenvalue weighted by Gasteiger charge is -2.54. The second kappa shape index (κ2) is 13.8. The highest BCUT2D eigenvalue weighted by Gasteiger charge is 2.49. The van der Waals surface area contributed by atoms with Crippen LogP contribution in [0, 0.1) is 30.4 Å². The van der Waals surface area contributed by atoms with Crippen LogP contribution in [-0.4, -0.2) is 48.1 Å².